The molecule has 11 heteroatoms. The molecule has 2 aliphatic heterocycles. The van der Waals surface area contributed by atoms with Crippen molar-refractivity contribution in [2.75, 3.05) is 18.0 Å². The van der Waals surface area contributed by atoms with Crippen LogP contribution in [0.25, 0.3) is 0 Å². The van der Waals surface area contributed by atoms with Crippen molar-refractivity contribution in [3.05, 3.63) is 76.4 Å². The molecule has 8 nitrogen and oxygen atoms in total. The average Bonchev–Trinajstić information content (AvgIpc) is 3.57. The van der Waals surface area contributed by atoms with Crippen LogP contribution in [0.1, 0.15) is 71.5 Å². The summed E-state index contributed by atoms with van der Waals surface area (Å²) in [6.07, 6.45) is 4.98. The Morgan fingerprint density at radius 2 is 1.98 bits per heavy atom. The number of benzene rings is 2. The molecule has 2 aromatic carbocycles. The Morgan fingerprint density at radius 3 is 2.63 bits per heavy atom. The van der Waals surface area contributed by atoms with Crippen LogP contribution in [0, 0.1) is 36.0 Å². The number of nitrogens with zero attached hydrogens (tertiary/aromatic N) is 5. The van der Waals surface area contributed by atoms with Gasteiger partial charge in [-0.2, -0.15) is 13.2 Å². The fourth-order valence-corrected chi connectivity index (χ4v) is 7.52. The number of amides is 2. The van der Waals surface area contributed by atoms with E-state index in [-0.39, 0.29) is 41.6 Å². The normalized spacial score (nSPS) is 24.4. The minimum absolute atomic E-state index is 0.0321. The van der Waals surface area contributed by atoms with Crippen LogP contribution < -0.4 is 10.2 Å². The Kier molecular flexibility index (Phi) is 8.16. The monoisotopic (exact) mass is 628 g/mol. The first-order valence-electron chi connectivity index (χ1n) is 15.3. The minimum Gasteiger partial charge on any atom is -0.341 e. The second-order valence-corrected chi connectivity index (χ2v) is 12.8. The fraction of sp³-hybridized carbons (Fsp3) is 0.429. The first-order valence-corrected chi connectivity index (χ1v) is 15.3. The molecule has 3 aromatic rings. The van der Waals surface area contributed by atoms with Gasteiger partial charge in [-0.3, -0.25) is 14.5 Å². The molecule has 2 fully saturated rings. The molecular weight excluding hydrogens is 593 g/mol. The summed E-state index contributed by atoms with van der Waals surface area (Å²) in [5.41, 5.74) is 0.668. The first kappa shape index (κ1) is 31.4. The molecule has 0 spiro atoms. The summed E-state index contributed by atoms with van der Waals surface area (Å²) in [4.78, 5) is 29.3. The van der Waals surface area contributed by atoms with E-state index < -0.39 is 23.6 Å². The topological polar surface area (TPSA) is 83.4 Å². The molecule has 3 aliphatic rings. The lowest BCUT2D eigenvalue weighted by Crippen LogP contribution is -2.50. The lowest BCUT2D eigenvalue weighted by molar-refractivity contribution is -0.138. The molecule has 1 saturated heterocycles. The summed E-state index contributed by atoms with van der Waals surface area (Å²) in [7, 11) is 1.90. The number of anilines is 1. The van der Waals surface area contributed by atoms with Crippen LogP contribution in [0.3, 0.4) is 0 Å². The smallest absolute Gasteiger partial charge is 0.341 e. The van der Waals surface area contributed by atoms with E-state index in [0.29, 0.717) is 36.7 Å². The molecule has 1 saturated carbocycles. The van der Waals surface area contributed by atoms with Crippen LogP contribution in [0.15, 0.2) is 42.7 Å². The molecule has 46 heavy (non-hydrogen) atoms. The Morgan fingerprint density at radius 1 is 1.20 bits per heavy atom. The number of likely N-dealkylation sites (tertiary alicyclic amines) is 1. The first-order chi connectivity index (χ1) is 21.9. The summed E-state index contributed by atoms with van der Waals surface area (Å²) in [5.74, 6) is 7.93. The zero-order valence-corrected chi connectivity index (χ0v) is 26.0. The number of halogens is 3. The zero-order chi connectivity index (χ0) is 32.8. The van der Waals surface area contributed by atoms with Crippen molar-refractivity contribution in [3.63, 3.8) is 0 Å². The number of carbonyl (C=O) groups excluding carboxylic acids is 2. The quantitative estimate of drug-likeness (QED) is 0.402. The van der Waals surface area contributed by atoms with Gasteiger partial charge >= 0.3 is 6.18 Å². The highest BCUT2D eigenvalue weighted by Gasteiger charge is 2.48. The highest BCUT2D eigenvalue weighted by atomic mass is 19.4. The lowest BCUT2D eigenvalue weighted by Gasteiger charge is -2.46. The Hall–Kier alpha value is -4.61. The number of alkyl halides is 3. The Labute approximate surface area is 266 Å². The largest absolute Gasteiger partial charge is 0.416 e. The van der Waals surface area contributed by atoms with Gasteiger partial charge in [0.05, 0.1) is 17.5 Å². The SMILES string of the molecule is C#CC1CC(NC(=O)C#CC)CN(Cc2cc3c(c(C(F)(F)F)c2)CN(c2cccc(C4(c5nncn5C)CC(C)C4)c2)C3=O)C1. The number of piperidine rings is 1. The highest BCUT2D eigenvalue weighted by molar-refractivity contribution is 6.10. The number of nitrogens with one attached hydrogen (secondary N) is 1. The number of hydrogen-bond donors (Lipinski definition) is 1. The van der Waals surface area contributed by atoms with Gasteiger partial charge in [-0.15, -0.1) is 22.5 Å². The van der Waals surface area contributed by atoms with E-state index in [9.17, 15) is 22.8 Å². The standard InChI is InChI=1S/C35H35F3N6O2/c1-5-8-31(45)40-26-11-23(6-2)17-43(19-26)18-24-12-28-29(30(13-24)35(36,37)38)20-44(32(28)46)27-10-7-9-25(14-27)34(15-22(3)16-34)33-41-39-21-42(33)4/h2,7,9-10,12-14,21-23,26H,11,15-20H2,1,3-4H3,(H,40,45). The van der Waals surface area contributed by atoms with Gasteiger partial charge in [0.1, 0.15) is 12.2 Å². The molecule has 3 heterocycles. The summed E-state index contributed by atoms with van der Waals surface area (Å²) in [6, 6.07) is 9.92. The van der Waals surface area contributed by atoms with Crippen molar-refractivity contribution in [2.24, 2.45) is 18.9 Å². The second-order valence-electron chi connectivity index (χ2n) is 12.8. The number of carbonyl (C=O) groups is 2. The van der Waals surface area contributed by atoms with E-state index in [4.69, 9.17) is 6.42 Å². The highest BCUT2D eigenvalue weighted by Crippen LogP contribution is 2.52. The van der Waals surface area contributed by atoms with Gasteiger partial charge in [-0.05, 0) is 79.0 Å². The third kappa shape index (κ3) is 5.76. The van der Waals surface area contributed by atoms with E-state index in [1.165, 1.54) is 4.90 Å². The minimum atomic E-state index is -4.66. The molecule has 2 amide bonds. The van der Waals surface area contributed by atoms with Crippen LogP contribution >= 0.6 is 0 Å². The van der Waals surface area contributed by atoms with E-state index >= 15 is 0 Å². The molecular formula is C35H35F3N6O2. The molecule has 0 radical (unpaired) electrons. The van der Waals surface area contributed by atoms with E-state index in [0.717, 1.165) is 30.3 Å². The van der Waals surface area contributed by atoms with Gasteiger partial charge in [0.15, 0.2) is 0 Å². The Bertz CT molecular complexity index is 1790. The molecule has 238 valence electrons. The fourth-order valence-electron chi connectivity index (χ4n) is 7.52. The van der Waals surface area contributed by atoms with Crippen LogP contribution in [-0.2, 0) is 36.5 Å². The predicted octanol–water partition coefficient (Wildman–Crippen LogP) is 4.67. The average molecular weight is 629 g/mol. The van der Waals surface area contributed by atoms with Gasteiger partial charge in [-0.25, -0.2) is 0 Å². The molecule has 6 rings (SSSR count). The van der Waals surface area contributed by atoms with Crippen molar-refractivity contribution < 1.29 is 22.8 Å². The van der Waals surface area contributed by atoms with Crippen LogP contribution in [-0.4, -0.2) is 50.6 Å². The molecule has 2 unspecified atom stereocenters. The van der Waals surface area contributed by atoms with E-state index in [2.05, 4.69) is 40.2 Å². The molecule has 2 atom stereocenters. The molecule has 1 aromatic heterocycles. The second kappa shape index (κ2) is 12.0. The van der Waals surface area contributed by atoms with Gasteiger partial charge in [0.25, 0.3) is 11.8 Å². The predicted molar refractivity (Wildman–Crippen MR) is 166 cm³/mol. The maximum absolute atomic E-state index is 14.5. The van der Waals surface area contributed by atoms with Crippen LogP contribution in [0.5, 0.6) is 0 Å². The van der Waals surface area contributed by atoms with Gasteiger partial charge in [-0.1, -0.05) is 25.0 Å². The number of hydrogen-bond acceptors (Lipinski definition) is 5. The zero-order valence-electron chi connectivity index (χ0n) is 26.0. The number of aromatic nitrogens is 3. The molecule has 1 N–H and O–H groups in total. The number of aryl methyl sites for hydroxylation is 1. The maximum atomic E-state index is 14.5. The van der Waals surface area contributed by atoms with Crippen molar-refractivity contribution in [1.29, 1.82) is 0 Å². The van der Waals surface area contributed by atoms with E-state index in [1.54, 1.807) is 25.4 Å². The van der Waals surface area contributed by atoms with Crippen molar-refractivity contribution >= 4 is 17.5 Å². The van der Waals surface area contributed by atoms with Gasteiger partial charge in [0, 0.05) is 49.9 Å². The van der Waals surface area contributed by atoms with Crippen LogP contribution in [0.4, 0.5) is 18.9 Å². The van der Waals surface area contributed by atoms with Gasteiger partial charge < -0.3 is 14.8 Å². The van der Waals surface area contributed by atoms with Crippen molar-refractivity contribution in [1.82, 2.24) is 25.0 Å². The summed E-state index contributed by atoms with van der Waals surface area (Å²) in [5, 5.41) is 11.3. The maximum Gasteiger partial charge on any atom is 0.416 e. The summed E-state index contributed by atoms with van der Waals surface area (Å²) < 4.78 is 45.4. The third-order valence-corrected chi connectivity index (χ3v) is 9.39. The van der Waals surface area contributed by atoms with Crippen molar-refractivity contribution in [2.45, 2.75) is 63.8 Å². The van der Waals surface area contributed by atoms with E-state index in [1.807, 2.05) is 34.7 Å². The summed E-state index contributed by atoms with van der Waals surface area (Å²) >= 11 is 0. The number of terminal acetylenes is 1. The molecule has 1 aliphatic carbocycles. The third-order valence-electron chi connectivity index (χ3n) is 9.39. The van der Waals surface area contributed by atoms with Crippen molar-refractivity contribution in [3.8, 4) is 24.2 Å². The number of fused-ring (bicyclic) bond motifs is 1. The van der Waals surface area contributed by atoms with Gasteiger partial charge in [0.2, 0.25) is 0 Å². The Balaban J connectivity index is 1.30. The lowest BCUT2D eigenvalue weighted by atomic mass is 9.58. The summed E-state index contributed by atoms with van der Waals surface area (Å²) in [6.45, 7) is 4.54. The molecule has 0 bridgehead atoms. The van der Waals surface area contributed by atoms with Crippen LogP contribution in [0.2, 0.25) is 0 Å². The number of rotatable bonds is 6.